The fourth-order valence-corrected chi connectivity index (χ4v) is 1.23. The van der Waals surface area contributed by atoms with Crippen molar-refractivity contribution in [2.75, 3.05) is 12.4 Å². The molecule has 0 aliphatic carbocycles. The molecule has 1 aromatic rings. The van der Waals surface area contributed by atoms with Gasteiger partial charge < -0.3 is 10.7 Å². The summed E-state index contributed by atoms with van der Waals surface area (Å²) < 4.78 is 13.2. The monoisotopic (exact) mass is 176 g/mol. The summed E-state index contributed by atoms with van der Waals surface area (Å²) in [6.07, 6.45) is 0. The van der Waals surface area contributed by atoms with Gasteiger partial charge in [-0.25, -0.2) is 4.39 Å². The lowest BCUT2D eigenvalue weighted by Gasteiger charge is -2.12. The highest BCUT2D eigenvalue weighted by molar-refractivity contribution is 6.37. The van der Waals surface area contributed by atoms with Crippen LogP contribution >= 0.6 is 0 Å². The highest BCUT2D eigenvalue weighted by atomic mass is 19.1. The van der Waals surface area contributed by atoms with Gasteiger partial charge in [-0.3, -0.25) is 0 Å². The molecule has 0 saturated heterocycles. The molecule has 0 amide bonds. The van der Waals surface area contributed by atoms with Crippen LogP contribution in [0.3, 0.4) is 0 Å². The number of hydrogen-bond acceptors (Lipinski definition) is 2. The van der Waals surface area contributed by atoms with Crippen molar-refractivity contribution in [1.29, 1.82) is 5.41 Å². The Morgan fingerprint density at radius 2 is 2.15 bits per heavy atom. The Bertz CT molecular complexity index is 350. The van der Waals surface area contributed by atoms with Gasteiger partial charge in [0.25, 0.3) is 0 Å². The van der Waals surface area contributed by atoms with Crippen molar-refractivity contribution in [3.63, 3.8) is 0 Å². The van der Waals surface area contributed by atoms with Crippen molar-refractivity contribution >= 4 is 24.7 Å². The van der Waals surface area contributed by atoms with Crippen molar-refractivity contribution in [1.82, 2.24) is 0 Å². The van der Waals surface area contributed by atoms with Crippen LogP contribution in [-0.4, -0.2) is 20.6 Å². The zero-order chi connectivity index (χ0) is 10.0. The molecule has 0 aromatic heterocycles. The van der Waals surface area contributed by atoms with Crippen LogP contribution in [0.4, 0.5) is 10.1 Å². The van der Waals surface area contributed by atoms with Gasteiger partial charge in [-0.05, 0) is 13.0 Å². The maximum absolute atomic E-state index is 13.2. The smallest absolute Gasteiger partial charge is 0.134 e. The Hall–Kier alpha value is -1.32. The number of nitrogens with one attached hydrogen (secondary N) is 2. The van der Waals surface area contributed by atoms with E-state index in [-0.39, 0.29) is 11.3 Å². The zero-order valence-corrected chi connectivity index (χ0v) is 7.61. The third-order valence-electron chi connectivity index (χ3n) is 1.81. The molecule has 2 N–H and O–H groups in total. The summed E-state index contributed by atoms with van der Waals surface area (Å²) in [4.78, 5) is 0. The Balaban J connectivity index is 3.43. The molecule has 13 heavy (non-hydrogen) atoms. The molecule has 0 unspecified atom stereocenters. The quantitative estimate of drug-likeness (QED) is 0.512. The third-order valence-corrected chi connectivity index (χ3v) is 1.81. The molecule has 4 heteroatoms. The highest BCUT2D eigenvalue weighted by Gasteiger charge is 2.11. The summed E-state index contributed by atoms with van der Waals surface area (Å²) in [5, 5.41) is 10.2. The molecule has 0 bridgehead atoms. The zero-order valence-electron chi connectivity index (χ0n) is 7.61. The molecule has 1 aromatic carbocycles. The van der Waals surface area contributed by atoms with Gasteiger partial charge in [0.05, 0.1) is 5.56 Å². The van der Waals surface area contributed by atoms with Crippen LogP contribution < -0.4 is 10.8 Å². The molecule has 0 spiro atoms. The molecule has 0 saturated carbocycles. The summed E-state index contributed by atoms with van der Waals surface area (Å²) in [6.45, 7) is 1.53. The lowest BCUT2D eigenvalue weighted by Crippen LogP contribution is -2.16. The van der Waals surface area contributed by atoms with Gasteiger partial charge in [0.15, 0.2) is 0 Å². The molecule has 66 valence electrons. The van der Waals surface area contributed by atoms with Crippen LogP contribution in [0.15, 0.2) is 12.1 Å². The van der Waals surface area contributed by atoms with Crippen LogP contribution in [0.1, 0.15) is 12.5 Å². The van der Waals surface area contributed by atoms with Crippen molar-refractivity contribution in [2.45, 2.75) is 6.92 Å². The maximum atomic E-state index is 13.2. The van der Waals surface area contributed by atoms with Crippen LogP contribution in [0, 0.1) is 11.2 Å². The summed E-state index contributed by atoms with van der Waals surface area (Å²) >= 11 is 0. The van der Waals surface area contributed by atoms with Gasteiger partial charge in [0, 0.05) is 18.4 Å². The molecule has 2 radical (unpaired) electrons. The molecule has 0 atom stereocenters. The first kappa shape index (κ1) is 9.77. The minimum Gasteiger partial charge on any atom is -0.388 e. The molecule has 2 nitrogen and oxygen atoms in total. The summed E-state index contributed by atoms with van der Waals surface area (Å²) in [5.41, 5.74) is 1.33. The first-order valence-electron chi connectivity index (χ1n) is 3.89. The molecule has 0 aliphatic heterocycles. The number of hydrogen-bond donors (Lipinski definition) is 2. The largest absolute Gasteiger partial charge is 0.388 e. The standard InChI is InChI=1S/C9H10BFN2/c1-5(12)8-7(11)4-3-6(10)9(8)13-2/h3-4,12-13H,1-2H3. The average molecular weight is 176 g/mol. The lowest BCUT2D eigenvalue weighted by molar-refractivity contribution is 0.626. The van der Waals surface area contributed by atoms with Crippen molar-refractivity contribution in [3.8, 4) is 0 Å². The second-order valence-corrected chi connectivity index (χ2v) is 2.76. The van der Waals surface area contributed by atoms with E-state index in [4.69, 9.17) is 13.3 Å². The van der Waals surface area contributed by atoms with E-state index in [9.17, 15) is 4.39 Å². The van der Waals surface area contributed by atoms with Gasteiger partial charge in [0.1, 0.15) is 13.7 Å². The number of halogens is 1. The Kier molecular flexibility index (Phi) is 2.71. The van der Waals surface area contributed by atoms with E-state index in [2.05, 4.69) is 5.32 Å². The van der Waals surface area contributed by atoms with E-state index in [1.165, 1.54) is 19.1 Å². The van der Waals surface area contributed by atoms with E-state index in [1.54, 1.807) is 7.05 Å². The van der Waals surface area contributed by atoms with Crippen LogP contribution in [0.2, 0.25) is 0 Å². The van der Waals surface area contributed by atoms with E-state index in [0.717, 1.165) is 0 Å². The van der Waals surface area contributed by atoms with Crippen molar-refractivity contribution < 1.29 is 4.39 Å². The Morgan fingerprint density at radius 1 is 1.54 bits per heavy atom. The van der Waals surface area contributed by atoms with Gasteiger partial charge in [-0.1, -0.05) is 11.5 Å². The minimum absolute atomic E-state index is 0.161. The first-order chi connectivity index (χ1) is 6.07. The number of benzene rings is 1. The summed E-state index contributed by atoms with van der Waals surface area (Å²) in [5.74, 6) is -0.425. The normalized spacial score (nSPS) is 9.77. The van der Waals surface area contributed by atoms with Crippen LogP contribution in [-0.2, 0) is 0 Å². The Morgan fingerprint density at radius 3 is 2.54 bits per heavy atom. The fraction of sp³-hybridized carbons (Fsp3) is 0.222. The van der Waals surface area contributed by atoms with E-state index < -0.39 is 5.82 Å². The summed E-state index contributed by atoms with van der Waals surface area (Å²) in [7, 11) is 7.26. The summed E-state index contributed by atoms with van der Waals surface area (Å²) in [6, 6.07) is 2.75. The maximum Gasteiger partial charge on any atom is 0.134 e. The van der Waals surface area contributed by atoms with E-state index >= 15 is 0 Å². The number of rotatable bonds is 2. The fourth-order valence-electron chi connectivity index (χ4n) is 1.23. The highest BCUT2D eigenvalue weighted by Crippen LogP contribution is 2.16. The van der Waals surface area contributed by atoms with Crippen molar-refractivity contribution in [3.05, 3.63) is 23.5 Å². The van der Waals surface area contributed by atoms with Crippen LogP contribution in [0.5, 0.6) is 0 Å². The first-order valence-corrected chi connectivity index (χ1v) is 3.89. The SMILES string of the molecule is [B]c1ccc(F)c(C(C)=N)c1NC. The predicted molar refractivity (Wildman–Crippen MR) is 53.8 cm³/mol. The van der Waals surface area contributed by atoms with Gasteiger partial charge >= 0.3 is 0 Å². The minimum atomic E-state index is -0.425. The van der Waals surface area contributed by atoms with E-state index in [1.807, 2.05) is 0 Å². The molecule has 0 aliphatic rings. The second-order valence-electron chi connectivity index (χ2n) is 2.76. The Labute approximate surface area is 78.1 Å². The van der Waals surface area contributed by atoms with Gasteiger partial charge in [-0.15, -0.1) is 0 Å². The predicted octanol–water partition coefficient (Wildman–Crippen LogP) is 1.05. The third kappa shape index (κ3) is 1.71. The molecule has 0 fully saturated rings. The number of anilines is 1. The second kappa shape index (κ2) is 3.60. The average Bonchev–Trinajstić information content (AvgIpc) is 2.07. The van der Waals surface area contributed by atoms with Gasteiger partial charge in [-0.2, -0.15) is 0 Å². The molecular weight excluding hydrogens is 166 g/mol. The van der Waals surface area contributed by atoms with Gasteiger partial charge in [0.2, 0.25) is 0 Å². The van der Waals surface area contributed by atoms with Crippen LogP contribution in [0.25, 0.3) is 0 Å². The lowest BCUT2D eigenvalue weighted by atomic mass is 9.90. The topological polar surface area (TPSA) is 35.9 Å². The van der Waals surface area contributed by atoms with Crippen molar-refractivity contribution in [2.24, 2.45) is 0 Å². The van der Waals surface area contributed by atoms with E-state index in [0.29, 0.717) is 11.2 Å². The molecule has 1 rings (SSSR count). The molecule has 0 heterocycles. The molecular formula is C9H10BFN2.